The van der Waals surface area contributed by atoms with Crippen molar-refractivity contribution in [2.45, 2.75) is 53.1 Å². The zero-order valence-electron chi connectivity index (χ0n) is 20.6. The van der Waals surface area contributed by atoms with Gasteiger partial charge >= 0.3 is 0 Å². The highest BCUT2D eigenvalue weighted by Crippen LogP contribution is 2.54. The lowest BCUT2D eigenvalue weighted by Gasteiger charge is -2.27. The molecule has 1 aromatic heterocycles. The van der Waals surface area contributed by atoms with Gasteiger partial charge in [0.05, 0.1) is 11.6 Å². The molecule has 34 heavy (non-hydrogen) atoms. The van der Waals surface area contributed by atoms with Crippen LogP contribution in [-0.4, -0.2) is 20.4 Å². The number of aromatic nitrogens is 1. The number of hydrogen-bond donors (Lipinski definition) is 2. The molecule has 4 nitrogen and oxygen atoms in total. The van der Waals surface area contributed by atoms with Crippen LogP contribution in [0.2, 0.25) is 0 Å². The normalized spacial score (nSPS) is 16.4. The maximum absolute atomic E-state index is 11.3. The van der Waals surface area contributed by atoms with Crippen molar-refractivity contribution in [1.29, 1.82) is 0 Å². The van der Waals surface area contributed by atoms with Gasteiger partial charge in [-0.25, -0.2) is 0 Å². The van der Waals surface area contributed by atoms with Crippen molar-refractivity contribution >= 4 is 0 Å². The van der Waals surface area contributed by atoms with Crippen molar-refractivity contribution in [3.63, 3.8) is 0 Å². The van der Waals surface area contributed by atoms with Crippen LogP contribution < -0.4 is 4.74 Å². The van der Waals surface area contributed by atoms with Gasteiger partial charge in [0.2, 0.25) is 5.88 Å². The summed E-state index contributed by atoms with van der Waals surface area (Å²) in [4.78, 5) is 0. The molecule has 0 saturated heterocycles. The molecule has 0 saturated carbocycles. The predicted octanol–water partition coefficient (Wildman–Crippen LogP) is 7.09. The summed E-state index contributed by atoms with van der Waals surface area (Å²) in [5.74, 6) is 0.963. The van der Waals surface area contributed by atoms with Gasteiger partial charge in [-0.2, -0.15) is 0 Å². The van der Waals surface area contributed by atoms with E-state index in [1.165, 1.54) is 11.1 Å². The Bertz CT molecular complexity index is 1400. The molecular weight excluding hydrogens is 422 g/mol. The first kappa shape index (κ1) is 22.1. The predicted molar refractivity (Wildman–Crippen MR) is 136 cm³/mol. The summed E-state index contributed by atoms with van der Waals surface area (Å²) in [5, 5.41) is 22.3. The molecule has 1 unspecified atom stereocenters. The van der Waals surface area contributed by atoms with Crippen LogP contribution in [0, 0.1) is 27.7 Å². The number of rotatable bonds is 3. The Labute approximate surface area is 201 Å². The van der Waals surface area contributed by atoms with Gasteiger partial charge in [-0.05, 0) is 69.4 Å². The van der Waals surface area contributed by atoms with E-state index in [4.69, 9.17) is 4.74 Å². The molecule has 174 valence electrons. The van der Waals surface area contributed by atoms with Crippen molar-refractivity contribution in [3.05, 3.63) is 94.0 Å². The average Bonchev–Trinajstić information content (AvgIpc) is 3.26. The maximum atomic E-state index is 11.3. The number of fused-ring (bicyclic) bond motifs is 1. The largest absolute Gasteiger partial charge is 0.494 e. The first-order chi connectivity index (χ1) is 16.1. The van der Waals surface area contributed by atoms with E-state index >= 15 is 0 Å². The van der Waals surface area contributed by atoms with E-state index in [1.807, 2.05) is 37.3 Å². The van der Waals surface area contributed by atoms with Gasteiger partial charge in [-0.1, -0.05) is 60.2 Å². The van der Waals surface area contributed by atoms with Crippen molar-refractivity contribution in [1.82, 2.24) is 4.57 Å². The summed E-state index contributed by atoms with van der Waals surface area (Å²) in [7, 11) is 0. The Balaban J connectivity index is 1.77. The summed E-state index contributed by atoms with van der Waals surface area (Å²) in [6.45, 7) is 12.5. The molecule has 0 amide bonds. The topological polar surface area (TPSA) is 54.6 Å². The monoisotopic (exact) mass is 453 g/mol. The third-order valence-electron chi connectivity index (χ3n) is 7.29. The van der Waals surface area contributed by atoms with Crippen LogP contribution in [-0.2, 0) is 0 Å². The van der Waals surface area contributed by atoms with Crippen molar-refractivity contribution in [2.75, 3.05) is 0 Å². The molecule has 1 aliphatic rings. The lowest BCUT2D eigenvalue weighted by Crippen LogP contribution is -2.31. The van der Waals surface area contributed by atoms with Crippen molar-refractivity contribution in [2.24, 2.45) is 0 Å². The van der Waals surface area contributed by atoms with Crippen LogP contribution in [0.5, 0.6) is 17.5 Å². The highest BCUT2D eigenvalue weighted by molar-refractivity contribution is 5.75. The molecule has 0 bridgehead atoms. The van der Waals surface area contributed by atoms with E-state index in [2.05, 4.69) is 58.9 Å². The zero-order valence-corrected chi connectivity index (χ0v) is 20.6. The number of aryl methyl sites for hydroxylation is 1. The number of ether oxygens (including phenoxy) is 1. The fourth-order valence-electron chi connectivity index (χ4n) is 5.48. The minimum absolute atomic E-state index is 0.00645. The molecule has 0 aliphatic carbocycles. The Kier molecular flexibility index (Phi) is 5.01. The highest BCUT2D eigenvalue weighted by atomic mass is 16.5. The third kappa shape index (κ3) is 3.20. The molecule has 3 aromatic carbocycles. The van der Waals surface area contributed by atoms with Gasteiger partial charge in [0.25, 0.3) is 0 Å². The fraction of sp³-hybridized carbons (Fsp3) is 0.267. The van der Waals surface area contributed by atoms with Gasteiger partial charge in [-0.15, -0.1) is 0 Å². The van der Waals surface area contributed by atoms with Gasteiger partial charge in [0.1, 0.15) is 11.4 Å². The van der Waals surface area contributed by atoms with Crippen LogP contribution >= 0.6 is 0 Å². The Hall–Kier alpha value is -3.66. The third-order valence-corrected chi connectivity index (χ3v) is 7.29. The molecule has 5 rings (SSSR count). The summed E-state index contributed by atoms with van der Waals surface area (Å²) in [6, 6.07) is 19.9. The van der Waals surface area contributed by atoms with Gasteiger partial charge in [0, 0.05) is 17.2 Å². The Morgan fingerprint density at radius 3 is 2.12 bits per heavy atom. The number of aromatic hydroxyl groups is 2. The number of benzene rings is 3. The maximum Gasteiger partial charge on any atom is 0.206 e. The minimum Gasteiger partial charge on any atom is -0.494 e. The molecular formula is C30H31NO3. The minimum atomic E-state index is -0.436. The number of hydrogen-bond acceptors (Lipinski definition) is 3. The number of nitrogens with zero attached hydrogens (tertiary/aromatic N) is 1. The van der Waals surface area contributed by atoms with Crippen LogP contribution in [0.25, 0.3) is 16.8 Å². The first-order valence-electron chi connectivity index (χ1n) is 11.7. The lowest BCUT2D eigenvalue weighted by atomic mass is 9.78. The van der Waals surface area contributed by atoms with E-state index in [9.17, 15) is 10.2 Å². The molecule has 0 spiro atoms. The summed E-state index contributed by atoms with van der Waals surface area (Å²) in [5.41, 5.74) is 8.32. The SMILES string of the molecule is Cc1ccc(C2c3c(C)c(-n4c(O)cc(-c5ccccc5)c4O)c(C)c(C)c3OC2(C)C)cc1. The van der Waals surface area contributed by atoms with Crippen LogP contribution in [0.1, 0.15) is 53.1 Å². The van der Waals surface area contributed by atoms with Gasteiger partial charge in [-0.3, -0.25) is 4.57 Å². The first-order valence-corrected chi connectivity index (χ1v) is 11.7. The smallest absolute Gasteiger partial charge is 0.206 e. The fourth-order valence-corrected chi connectivity index (χ4v) is 5.48. The molecule has 2 N–H and O–H groups in total. The van der Waals surface area contributed by atoms with E-state index in [-0.39, 0.29) is 17.7 Å². The molecule has 0 fully saturated rings. The van der Waals surface area contributed by atoms with Gasteiger partial charge in [0.15, 0.2) is 5.88 Å². The molecule has 2 heterocycles. The molecule has 1 atom stereocenters. The standard InChI is InChI=1S/C30H31NO3/c1-17-12-14-22(15-13-17)26-25-20(4)27(18(2)19(3)28(25)34-30(26,5)6)31-24(32)16-23(29(31)33)21-10-8-7-9-11-21/h7-16,26,32-33H,1-6H3. The highest BCUT2D eigenvalue weighted by Gasteiger charge is 2.45. The van der Waals surface area contributed by atoms with E-state index < -0.39 is 5.60 Å². The van der Waals surface area contributed by atoms with Crippen LogP contribution in [0.15, 0.2) is 60.7 Å². The van der Waals surface area contributed by atoms with Crippen LogP contribution in [0.4, 0.5) is 0 Å². The summed E-state index contributed by atoms with van der Waals surface area (Å²) in [6.07, 6.45) is 0. The van der Waals surface area contributed by atoms with Crippen molar-refractivity contribution < 1.29 is 14.9 Å². The lowest BCUT2D eigenvalue weighted by molar-refractivity contribution is 0.121. The van der Waals surface area contributed by atoms with Crippen molar-refractivity contribution in [3.8, 4) is 34.3 Å². The quantitative estimate of drug-likeness (QED) is 0.348. The van der Waals surface area contributed by atoms with E-state index in [0.717, 1.165) is 39.3 Å². The molecule has 4 aromatic rings. The van der Waals surface area contributed by atoms with E-state index in [1.54, 1.807) is 10.6 Å². The van der Waals surface area contributed by atoms with Crippen LogP contribution in [0.3, 0.4) is 0 Å². The average molecular weight is 454 g/mol. The van der Waals surface area contributed by atoms with Gasteiger partial charge < -0.3 is 14.9 Å². The second-order valence-corrected chi connectivity index (χ2v) is 9.96. The molecule has 1 aliphatic heterocycles. The second kappa shape index (κ2) is 7.69. The molecule has 4 heteroatoms. The second-order valence-electron chi connectivity index (χ2n) is 9.96. The zero-order chi connectivity index (χ0) is 24.4. The summed E-state index contributed by atoms with van der Waals surface area (Å²) >= 11 is 0. The Morgan fingerprint density at radius 1 is 0.824 bits per heavy atom. The Morgan fingerprint density at radius 2 is 1.47 bits per heavy atom. The molecule has 0 radical (unpaired) electrons. The van der Waals surface area contributed by atoms with E-state index in [0.29, 0.717) is 5.56 Å². The summed E-state index contributed by atoms with van der Waals surface area (Å²) < 4.78 is 8.14.